The molecule has 8 nitrogen and oxygen atoms in total. The van der Waals surface area contributed by atoms with Gasteiger partial charge in [-0.05, 0) is 103 Å². The van der Waals surface area contributed by atoms with Crippen LogP contribution in [0.25, 0.3) is 0 Å². The molecule has 0 radical (unpaired) electrons. The summed E-state index contributed by atoms with van der Waals surface area (Å²) in [5.74, 6) is 0.225. The molecule has 0 aliphatic rings. The molecular formula is C28H68O8Si7. The lowest BCUT2D eigenvalue weighted by molar-refractivity contribution is -0.132. The Morgan fingerprint density at radius 3 is 1.23 bits per heavy atom. The lowest BCUT2D eigenvalue weighted by Gasteiger charge is -2.44. The summed E-state index contributed by atoms with van der Waals surface area (Å²) in [5, 5.41) is 0. The van der Waals surface area contributed by atoms with Crippen molar-refractivity contribution in [3.8, 4) is 0 Å². The van der Waals surface area contributed by atoms with Gasteiger partial charge in [0.2, 0.25) is 0 Å². The molecule has 0 aliphatic carbocycles. The molecule has 0 saturated heterocycles. The fraction of sp³-hybridized carbons (Fsp3) is 0.893. The number of unbranched alkanes of at least 4 members (excludes halogenated alkanes) is 1. The Kier molecular flexibility index (Phi) is 16.7. The lowest BCUT2D eigenvalue weighted by atomic mass is 10.3. The van der Waals surface area contributed by atoms with Crippen molar-refractivity contribution in [2.75, 3.05) is 0 Å². The number of carbonyl (C=O) groups excluding carboxylic acids is 1. The molecule has 0 amide bonds. The molecule has 0 N–H and O–H groups in total. The second-order valence-corrected chi connectivity index (χ2v) is 41.5. The van der Waals surface area contributed by atoms with Crippen LogP contribution in [0.5, 0.6) is 0 Å². The number of hydrogen-bond donors (Lipinski definition) is 0. The van der Waals surface area contributed by atoms with Gasteiger partial charge in [-0.3, -0.25) is 0 Å². The van der Waals surface area contributed by atoms with Gasteiger partial charge in [0.05, 0.1) is 0 Å². The van der Waals surface area contributed by atoms with Crippen LogP contribution in [0.1, 0.15) is 54.4 Å². The minimum Gasteiger partial charge on any atom is -0.491 e. The van der Waals surface area contributed by atoms with Crippen LogP contribution in [0.2, 0.25) is 96.7 Å². The van der Waals surface area contributed by atoms with Gasteiger partial charge in [0.25, 0.3) is 0 Å². The predicted molar refractivity (Wildman–Crippen MR) is 197 cm³/mol. The molecule has 0 atom stereocenters. The van der Waals surface area contributed by atoms with Crippen molar-refractivity contribution >= 4 is 65.7 Å². The first kappa shape index (κ1) is 43.5. The first-order valence-electron chi connectivity index (χ1n) is 16.1. The second kappa shape index (κ2) is 16.5. The summed E-state index contributed by atoms with van der Waals surface area (Å²) in [7, 11) is -18.0. The first-order valence-corrected chi connectivity index (χ1v) is 35.5. The summed E-state index contributed by atoms with van der Waals surface area (Å²) >= 11 is 0. The van der Waals surface area contributed by atoms with E-state index >= 15 is 0 Å². The van der Waals surface area contributed by atoms with Crippen LogP contribution < -0.4 is 0 Å². The quantitative estimate of drug-likeness (QED) is 0.0854. The van der Waals surface area contributed by atoms with Crippen LogP contribution in [0.4, 0.5) is 0 Å². The lowest BCUT2D eigenvalue weighted by Crippen LogP contribution is -2.62. The third-order valence-electron chi connectivity index (χ3n) is 6.12. The van der Waals surface area contributed by atoms with E-state index in [1.54, 1.807) is 6.92 Å². The minimum absolute atomic E-state index is 0.304. The van der Waals surface area contributed by atoms with E-state index in [0.717, 1.165) is 6.04 Å². The molecule has 0 bridgehead atoms. The van der Waals surface area contributed by atoms with Gasteiger partial charge in [-0.15, -0.1) is 0 Å². The van der Waals surface area contributed by atoms with Crippen molar-refractivity contribution in [3.63, 3.8) is 0 Å². The van der Waals surface area contributed by atoms with E-state index in [2.05, 4.69) is 107 Å². The molecule has 0 unspecified atom stereocenters. The molecule has 43 heavy (non-hydrogen) atoms. The Bertz CT molecular complexity index is 896. The molecule has 0 heterocycles. The molecule has 256 valence electrons. The zero-order valence-corrected chi connectivity index (χ0v) is 38.2. The highest BCUT2D eigenvalue weighted by atomic mass is 28.5. The zero-order chi connectivity index (χ0) is 34.3. The largest absolute Gasteiger partial charge is 0.491 e. The van der Waals surface area contributed by atoms with E-state index in [-0.39, 0.29) is 5.97 Å². The third kappa shape index (κ3) is 19.0. The molecular weight excluding hydrogens is 661 g/mol. The fourth-order valence-corrected chi connectivity index (χ4v) is 42.3. The van der Waals surface area contributed by atoms with Crippen molar-refractivity contribution < 1.29 is 33.9 Å². The van der Waals surface area contributed by atoms with Gasteiger partial charge in [0.1, 0.15) is 0 Å². The summed E-state index contributed by atoms with van der Waals surface area (Å²) in [5.41, 5.74) is 0.383. The van der Waals surface area contributed by atoms with Gasteiger partial charge < -0.3 is 29.1 Å². The highest BCUT2D eigenvalue weighted by molar-refractivity contribution is 6.91. The van der Waals surface area contributed by atoms with E-state index < -0.39 is 59.7 Å². The summed E-state index contributed by atoms with van der Waals surface area (Å²) in [6.45, 7) is 41.6. The van der Waals surface area contributed by atoms with Crippen LogP contribution in [0.3, 0.4) is 0 Å². The molecule has 0 aromatic carbocycles. The maximum absolute atomic E-state index is 12.8. The second-order valence-electron chi connectivity index (χ2n) is 15.8. The standard InChI is InChI=1S/C28H68O8Si7/c1-20-21-22-37(8,9)31-38(10,11)32-39(12,13)33-40(14,15)34-41(16,17)35-42(18,19)36-43(23-25(2)3,24-26(4)5)30-28(29)27(6)7/h25-26H,6,20-24H2,1-5,7-19H3. The smallest absolute Gasteiger partial charge is 0.393 e. The van der Waals surface area contributed by atoms with E-state index in [4.69, 9.17) is 29.1 Å². The summed E-state index contributed by atoms with van der Waals surface area (Å²) in [4.78, 5) is 12.8. The van der Waals surface area contributed by atoms with Crippen molar-refractivity contribution in [1.29, 1.82) is 0 Å². The molecule has 0 aromatic rings. The Hall–Kier alpha value is 0.488. The van der Waals surface area contributed by atoms with E-state index in [0.29, 0.717) is 29.5 Å². The van der Waals surface area contributed by atoms with Gasteiger partial charge in [-0.2, -0.15) is 0 Å². The summed E-state index contributed by atoms with van der Waals surface area (Å²) < 4.78 is 46.9. The van der Waals surface area contributed by atoms with Crippen molar-refractivity contribution in [2.45, 2.75) is 151 Å². The molecule has 0 saturated carbocycles. The fourth-order valence-electron chi connectivity index (χ4n) is 6.01. The number of carbonyl (C=O) groups is 1. The normalized spacial score (nSPS) is 14.5. The van der Waals surface area contributed by atoms with Crippen molar-refractivity contribution in [1.82, 2.24) is 0 Å². The Balaban J connectivity index is 5.83. The van der Waals surface area contributed by atoms with Crippen molar-refractivity contribution in [3.05, 3.63) is 12.2 Å². The molecule has 0 aromatic heterocycles. The number of hydrogen-bond acceptors (Lipinski definition) is 8. The third-order valence-corrected chi connectivity index (χ3v) is 34.5. The maximum atomic E-state index is 12.8. The van der Waals surface area contributed by atoms with E-state index in [1.807, 2.05) is 13.1 Å². The Morgan fingerprint density at radius 1 is 0.605 bits per heavy atom. The first-order chi connectivity index (χ1) is 19.0. The SMILES string of the molecule is C=C(C)C(=O)O[Si](CC(C)C)(CC(C)C)O[Si](C)(C)O[Si](C)(C)O[Si](C)(C)O[Si](C)(C)O[Si](C)(C)O[Si](C)(C)CCCC. The topological polar surface area (TPSA) is 81.7 Å². The summed E-state index contributed by atoms with van der Waals surface area (Å²) in [6.07, 6.45) is 2.36. The highest BCUT2D eigenvalue weighted by Gasteiger charge is 2.52. The van der Waals surface area contributed by atoms with Crippen LogP contribution >= 0.6 is 0 Å². The highest BCUT2D eigenvalue weighted by Crippen LogP contribution is 2.34. The van der Waals surface area contributed by atoms with Gasteiger partial charge in [0, 0.05) is 17.7 Å². The molecule has 0 aliphatic heterocycles. The maximum Gasteiger partial charge on any atom is 0.393 e. The van der Waals surface area contributed by atoms with Crippen LogP contribution in [0, 0.1) is 11.8 Å². The van der Waals surface area contributed by atoms with Crippen LogP contribution in [-0.2, 0) is 33.9 Å². The van der Waals surface area contributed by atoms with Gasteiger partial charge in [0.15, 0.2) is 8.32 Å². The molecule has 0 rings (SSSR count). The molecule has 0 spiro atoms. The monoisotopic (exact) mass is 728 g/mol. The predicted octanol–water partition coefficient (Wildman–Crippen LogP) is 9.47. The van der Waals surface area contributed by atoms with Crippen LogP contribution in [0.15, 0.2) is 12.2 Å². The zero-order valence-electron chi connectivity index (χ0n) is 31.2. The minimum atomic E-state index is -2.98. The average molecular weight is 729 g/mol. The van der Waals surface area contributed by atoms with Crippen molar-refractivity contribution in [2.24, 2.45) is 11.8 Å². The molecule has 0 fully saturated rings. The Labute approximate surface area is 273 Å². The van der Waals surface area contributed by atoms with Gasteiger partial charge in [-0.1, -0.05) is 54.0 Å². The number of rotatable bonds is 21. The summed E-state index contributed by atoms with van der Waals surface area (Å²) in [6, 6.07) is 2.54. The van der Waals surface area contributed by atoms with Gasteiger partial charge in [-0.25, -0.2) is 4.79 Å². The molecule has 15 heteroatoms. The van der Waals surface area contributed by atoms with Gasteiger partial charge >= 0.3 is 57.3 Å². The van der Waals surface area contributed by atoms with E-state index in [1.165, 1.54) is 12.8 Å². The Morgan fingerprint density at radius 2 is 0.930 bits per heavy atom. The average Bonchev–Trinajstić information content (AvgIpc) is 2.65. The van der Waals surface area contributed by atoms with Crippen LogP contribution in [-0.4, -0.2) is 65.7 Å². The van der Waals surface area contributed by atoms with E-state index in [9.17, 15) is 4.79 Å².